The molecule has 0 radical (unpaired) electrons. The first-order valence-corrected chi connectivity index (χ1v) is 4.61. The molecule has 11 heavy (non-hydrogen) atoms. The molecule has 1 atom stereocenters. The molecular weight excluding hydrogens is 136 g/mol. The number of hydrogen-bond donors (Lipinski definition) is 1. The zero-order valence-corrected chi connectivity index (χ0v) is 7.98. The molecule has 2 nitrogen and oxygen atoms in total. The number of rotatable bonds is 2. The Labute approximate surface area is 70.0 Å². The summed E-state index contributed by atoms with van der Waals surface area (Å²) < 4.78 is 0. The van der Waals surface area contributed by atoms with Crippen molar-refractivity contribution < 1.29 is 0 Å². The van der Waals surface area contributed by atoms with Crippen LogP contribution in [0.3, 0.4) is 0 Å². The maximum Gasteiger partial charge on any atom is 0.0278 e. The molecule has 1 rings (SSSR count). The molecule has 66 valence electrons. The number of likely N-dealkylation sites (N-methyl/N-ethyl adjacent to an activating group) is 2. The van der Waals surface area contributed by atoms with Crippen LogP contribution in [0.4, 0.5) is 0 Å². The van der Waals surface area contributed by atoms with Crippen LogP contribution in [0.2, 0.25) is 0 Å². The molecule has 1 N–H and O–H groups in total. The molecule has 0 bridgehead atoms. The molecule has 0 saturated carbocycles. The number of likely N-dealkylation sites (tertiary alicyclic amines) is 1. The van der Waals surface area contributed by atoms with E-state index in [-0.39, 0.29) is 0 Å². The van der Waals surface area contributed by atoms with Crippen molar-refractivity contribution in [2.75, 3.05) is 26.7 Å². The number of nitrogens with zero attached hydrogens (tertiary/aromatic N) is 1. The molecule has 0 aromatic carbocycles. The van der Waals surface area contributed by atoms with Gasteiger partial charge in [0.25, 0.3) is 0 Å². The fraction of sp³-hybridized carbons (Fsp3) is 1.00. The Kier molecular flexibility index (Phi) is 2.90. The van der Waals surface area contributed by atoms with Crippen LogP contribution in [0.1, 0.15) is 26.7 Å². The van der Waals surface area contributed by atoms with Crippen LogP contribution >= 0.6 is 0 Å². The van der Waals surface area contributed by atoms with Crippen LogP contribution in [0.15, 0.2) is 0 Å². The fourth-order valence-corrected chi connectivity index (χ4v) is 1.82. The first-order valence-electron chi connectivity index (χ1n) is 4.61. The average Bonchev–Trinajstić information content (AvgIpc) is 2.05. The molecule has 1 heterocycles. The summed E-state index contributed by atoms with van der Waals surface area (Å²) in [5.74, 6) is 0. The normalized spacial score (nSPS) is 34.1. The smallest absolute Gasteiger partial charge is 0.0278 e. The molecule has 0 amide bonds. The lowest BCUT2D eigenvalue weighted by atomic mass is 9.91. The topological polar surface area (TPSA) is 15.3 Å². The Morgan fingerprint density at radius 1 is 1.55 bits per heavy atom. The van der Waals surface area contributed by atoms with Crippen LogP contribution in [0.25, 0.3) is 0 Å². The van der Waals surface area contributed by atoms with Crippen molar-refractivity contribution in [1.82, 2.24) is 10.2 Å². The zero-order valence-electron chi connectivity index (χ0n) is 7.98. The predicted molar refractivity (Wildman–Crippen MR) is 48.8 cm³/mol. The minimum Gasteiger partial charge on any atom is -0.313 e. The highest BCUT2D eigenvalue weighted by Gasteiger charge is 2.27. The molecule has 1 saturated heterocycles. The van der Waals surface area contributed by atoms with Crippen molar-refractivity contribution in [3.63, 3.8) is 0 Å². The number of nitrogens with one attached hydrogen (secondary N) is 1. The van der Waals surface area contributed by atoms with Crippen LogP contribution in [-0.4, -0.2) is 37.1 Å². The summed E-state index contributed by atoms with van der Waals surface area (Å²) in [6.07, 6.45) is 2.66. The maximum absolute atomic E-state index is 3.40. The summed E-state index contributed by atoms with van der Waals surface area (Å²) in [5, 5.41) is 3.40. The van der Waals surface area contributed by atoms with Gasteiger partial charge < -0.3 is 10.2 Å². The van der Waals surface area contributed by atoms with Gasteiger partial charge in [0.05, 0.1) is 0 Å². The lowest BCUT2D eigenvalue weighted by Crippen LogP contribution is -2.53. The van der Waals surface area contributed by atoms with E-state index < -0.39 is 0 Å². The monoisotopic (exact) mass is 156 g/mol. The third kappa shape index (κ3) is 2.17. The quantitative estimate of drug-likeness (QED) is 0.643. The maximum atomic E-state index is 3.40. The van der Waals surface area contributed by atoms with Crippen molar-refractivity contribution in [3.8, 4) is 0 Å². The van der Waals surface area contributed by atoms with Crippen molar-refractivity contribution in [1.29, 1.82) is 0 Å². The highest BCUT2D eigenvalue weighted by Crippen LogP contribution is 2.19. The first-order chi connectivity index (χ1) is 5.20. The van der Waals surface area contributed by atoms with Gasteiger partial charge in [-0.05, 0) is 39.9 Å². The molecule has 1 unspecified atom stereocenters. The van der Waals surface area contributed by atoms with Gasteiger partial charge in [0, 0.05) is 12.1 Å². The molecule has 2 heteroatoms. The highest BCUT2D eigenvalue weighted by molar-refractivity contribution is 4.88. The van der Waals surface area contributed by atoms with Gasteiger partial charge in [-0.1, -0.05) is 6.92 Å². The van der Waals surface area contributed by atoms with Gasteiger partial charge in [-0.15, -0.1) is 0 Å². The summed E-state index contributed by atoms with van der Waals surface area (Å²) in [6, 6.07) is 0. The summed E-state index contributed by atoms with van der Waals surface area (Å²) >= 11 is 0. The summed E-state index contributed by atoms with van der Waals surface area (Å²) in [6.45, 7) is 8.24. The van der Waals surface area contributed by atoms with Gasteiger partial charge >= 0.3 is 0 Å². The van der Waals surface area contributed by atoms with E-state index in [1.165, 1.54) is 32.5 Å². The molecule has 1 aliphatic rings. The first kappa shape index (κ1) is 9.01. The van der Waals surface area contributed by atoms with E-state index in [1.807, 2.05) is 0 Å². The lowest BCUT2D eigenvalue weighted by Gasteiger charge is -2.39. The molecule has 0 aromatic heterocycles. The molecule has 1 fully saturated rings. The molecule has 0 aliphatic carbocycles. The largest absolute Gasteiger partial charge is 0.313 e. The minimum absolute atomic E-state index is 0.369. The number of hydrogen-bond acceptors (Lipinski definition) is 2. The Morgan fingerprint density at radius 3 is 2.82 bits per heavy atom. The van der Waals surface area contributed by atoms with Crippen LogP contribution < -0.4 is 5.32 Å². The van der Waals surface area contributed by atoms with Gasteiger partial charge in [-0.3, -0.25) is 0 Å². The minimum atomic E-state index is 0.369. The Morgan fingerprint density at radius 2 is 2.27 bits per heavy atom. The second kappa shape index (κ2) is 3.55. The van der Waals surface area contributed by atoms with Gasteiger partial charge in [0.2, 0.25) is 0 Å². The van der Waals surface area contributed by atoms with Crippen LogP contribution in [-0.2, 0) is 0 Å². The summed E-state index contributed by atoms with van der Waals surface area (Å²) in [7, 11) is 2.07. The third-order valence-electron chi connectivity index (χ3n) is 2.83. The Bertz CT molecular complexity index is 125. The van der Waals surface area contributed by atoms with E-state index in [0.29, 0.717) is 5.54 Å². The summed E-state index contributed by atoms with van der Waals surface area (Å²) in [5.41, 5.74) is 0.369. The van der Waals surface area contributed by atoms with E-state index in [2.05, 4.69) is 31.1 Å². The van der Waals surface area contributed by atoms with Crippen molar-refractivity contribution in [2.45, 2.75) is 32.2 Å². The van der Waals surface area contributed by atoms with Crippen molar-refractivity contribution in [3.05, 3.63) is 0 Å². The molecular formula is C9H20N2. The highest BCUT2D eigenvalue weighted by atomic mass is 15.2. The fourth-order valence-electron chi connectivity index (χ4n) is 1.82. The van der Waals surface area contributed by atoms with Crippen LogP contribution in [0.5, 0.6) is 0 Å². The Hall–Kier alpha value is -0.0800. The average molecular weight is 156 g/mol. The lowest BCUT2D eigenvalue weighted by molar-refractivity contribution is 0.145. The van der Waals surface area contributed by atoms with Gasteiger partial charge in [-0.2, -0.15) is 0 Å². The third-order valence-corrected chi connectivity index (χ3v) is 2.83. The zero-order chi connectivity index (χ0) is 8.32. The van der Waals surface area contributed by atoms with Crippen molar-refractivity contribution in [2.24, 2.45) is 0 Å². The van der Waals surface area contributed by atoms with E-state index in [4.69, 9.17) is 0 Å². The van der Waals surface area contributed by atoms with E-state index in [1.54, 1.807) is 0 Å². The molecule has 0 aromatic rings. The Balaban J connectivity index is 2.44. The molecule has 0 spiro atoms. The van der Waals surface area contributed by atoms with Gasteiger partial charge in [-0.25, -0.2) is 0 Å². The predicted octanol–water partition coefficient (Wildman–Crippen LogP) is 1.08. The van der Waals surface area contributed by atoms with Gasteiger partial charge in [0.1, 0.15) is 0 Å². The van der Waals surface area contributed by atoms with E-state index in [9.17, 15) is 0 Å². The molecule has 1 aliphatic heterocycles. The van der Waals surface area contributed by atoms with Crippen molar-refractivity contribution >= 4 is 0 Å². The number of piperidine rings is 1. The second-order valence-corrected chi connectivity index (χ2v) is 3.78. The SMILES string of the molecule is CCN1CCCC(C)(NC)C1. The second-order valence-electron chi connectivity index (χ2n) is 3.78. The van der Waals surface area contributed by atoms with Gasteiger partial charge in [0.15, 0.2) is 0 Å². The van der Waals surface area contributed by atoms with Crippen LogP contribution in [0, 0.1) is 0 Å². The summed E-state index contributed by atoms with van der Waals surface area (Å²) in [4.78, 5) is 2.51. The standard InChI is InChI=1S/C9H20N2/c1-4-11-7-5-6-9(2,8-11)10-3/h10H,4-8H2,1-3H3. The van der Waals surface area contributed by atoms with E-state index >= 15 is 0 Å². The van der Waals surface area contributed by atoms with E-state index in [0.717, 1.165) is 0 Å².